The Morgan fingerprint density at radius 2 is 0.828 bits per heavy atom. The van der Waals surface area contributed by atoms with Crippen molar-refractivity contribution in [3.05, 3.63) is 126 Å². The Kier molecular flexibility index (Phi) is 5.73. The fourth-order valence-electron chi connectivity index (χ4n) is 3.34. The number of para-hydroxylation sites is 2. The van der Waals surface area contributed by atoms with E-state index in [1.54, 1.807) is 0 Å². The number of allylic oxidation sites excluding steroid dienone is 1. The van der Waals surface area contributed by atoms with Crippen molar-refractivity contribution in [2.45, 2.75) is 6.92 Å². The van der Waals surface area contributed by atoms with Crippen LogP contribution in [0.5, 0.6) is 0 Å². The van der Waals surface area contributed by atoms with E-state index in [1.165, 1.54) is 16.7 Å². The smallest absolute Gasteiger partial charge is 0.0384 e. The van der Waals surface area contributed by atoms with Gasteiger partial charge < -0.3 is 10.6 Å². The minimum atomic E-state index is 1.08. The molecule has 0 aliphatic heterocycles. The van der Waals surface area contributed by atoms with Crippen LogP contribution in [0.3, 0.4) is 0 Å². The van der Waals surface area contributed by atoms with Crippen LogP contribution in [0.25, 0.3) is 5.57 Å². The first-order chi connectivity index (χ1) is 14.3. The molecule has 0 radical (unpaired) electrons. The summed E-state index contributed by atoms with van der Waals surface area (Å²) in [7, 11) is 0. The van der Waals surface area contributed by atoms with Crippen LogP contribution in [0.2, 0.25) is 0 Å². The lowest BCUT2D eigenvalue weighted by Gasteiger charge is -2.12. The maximum absolute atomic E-state index is 3.43. The van der Waals surface area contributed by atoms with Gasteiger partial charge in [-0.05, 0) is 72.2 Å². The van der Waals surface area contributed by atoms with Crippen LogP contribution in [-0.4, -0.2) is 0 Å². The summed E-state index contributed by atoms with van der Waals surface area (Å²) in [5.41, 5.74) is 7.98. The van der Waals surface area contributed by atoms with Gasteiger partial charge in [-0.25, -0.2) is 0 Å². The lowest BCUT2D eigenvalue weighted by Crippen LogP contribution is -1.93. The molecule has 142 valence electrons. The van der Waals surface area contributed by atoms with Gasteiger partial charge in [0.1, 0.15) is 0 Å². The minimum absolute atomic E-state index is 1.08. The standard InChI is InChI=1S/C27H24N2/c1-2-27(21-13-17-25(18-14-21)28-23-9-5-3-6-10-23)22-15-19-26(20-16-22)29-24-11-7-4-8-12-24/h2-20,28-29H,1H3. The fourth-order valence-corrected chi connectivity index (χ4v) is 3.34. The SMILES string of the molecule is CC=C(c1ccc(Nc2ccccc2)cc1)c1ccc(Nc2ccccc2)cc1. The molecule has 0 amide bonds. The van der Waals surface area contributed by atoms with E-state index in [0.29, 0.717) is 0 Å². The molecule has 2 N–H and O–H groups in total. The Hall–Kier alpha value is -3.78. The maximum atomic E-state index is 3.43. The maximum Gasteiger partial charge on any atom is 0.0384 e. The van der Waals surface area contributed by atoms with Crippen molar-refractivity contribution >= 4 is 28.3 Å². The molecule has 2 heteroatoms. The zero-order valence-corrected chi connectivity index (χ0v) is 16.5. The zero-order valence-electron chi connectivity index (χ0n) is 16.5. The first-order valence-corrected chi connectivity index (χ1v) is 9.83. The minimum Gasteiger partial charge on any atom is -0.356 e. The van der Waals surface area contributed by atoms with E-state index >= 15 is 0 Å². The Bertz CT molecular complexity index is 978. The molecule has 29 heavy (non-hydrogen) atoms. The van der Waals surface area contributed by atoms with Gasteiger partial charge in [0, 0.05) is 22.7 Å². The Labute approximate surface area is 172 Å². The van der Waals surface area contributed by atoms with E-state index in [2.05, 4.69) is 96.4 Å². The summed E-state index contributed by atoms with van der Waals surface area (Å²) >= 11 is 0. The molecule has 0 spiro atoms. The lowest BCUT2D eigenvalue weighted by molar-refractivity contribution is 1.49. The van der Waals surface area contributed by atoms with Crippen LogP contribution in [-0.2, 0) is 0 Å². The molecule has 2 nitrogen and oxygen atoms in total. The van der Waals surface area contributed by atoms with Crippen molar-refractivity contribution in [3.8, 4) is 0 Å². The molecule has 0 aliphatic carbocycles. The third-order valence-electron chi connectivity index (χ3n) is 4.81. The predicted octanol–water partition coefficient (Wildman–Crippen LogP) is 7.63. The third kappa shape index (κ3) is 4.74. The van der Waals surface area contributed by atoms with Crippen LogP contribution >= 0.6 is 0 Å². The summed E-state index contributed by atoms with van der Waals surface area (Å²) in [5, 5.41) is 6.86. The van der Waals surface area contributed by atoms with Gasteiger partial charge in [-0.3, -0.25) is 0 Å². The molecule has 0 unspecified atom stereocenters. The molecule has 0 atom stereocenters. The Balaban J connectivity index is 1.48. The van der Waals surface area contributed by atoms with Crippen molar-refractivity contribution in [2.24, 2.45) is 0 Å². The molecular formula is C27H24N2. The molecular weight excluding hydrogens is 352 g/mol. The average molecular weight is 377 g/mol. The number of benzene rings is 4. The summed E-state index contributed by atoms with van der Waals surface area (Å²) in [6.07, 6.45) is 2.17. The van der Waals surface area contributed by atoms with Gasteiger partial charge in [-0.2, -0.15) is 0 Å². The normalized spacial score (nSPS) is 10.2. The molecule has 0 heterocycles. The van der Waals surface area contributed by atoms with E-state index in [0.717, 1.165) is 22.7 Å². The van der Waals surface area contributed by atoms with Crippen molar-refractivity contribution < 1.29 is 0 Å². The van der Waals surface area contributed by atoms with E-state index < -0.39 is 0 Å². The topological polar surface area (TPSA) is 24.1 Å². The van der Waals surface area contributed by atoms with Gasteiger partial charge in [0.25, 0.3) is 0 Å². The highest BCUT2D eigenvalue weighted by Crippen LogP contribution is 2.27. The molecule has 4 rings (SSSR count). The fraction of sp³-hybridized carbons (Fsp3) is 0.0370. The third-order valence-corrected chi connectivity index (χ3v) is 4.81. The van der Waals surface area contributed by atoms with Crippen LogP contribution in [0.4, 0.5) is 22.7 Å². The van der Waals surface area contributed by atoms with E-state index in [-0.39, 0.29) is 0 Å². The monoisotopic (exact) mass is 376 g/mol. The highest BCUT2D eigenvalue weighted by Gasteiger charge is 2.05. The zero-order chi connectivity index (χ0) is 19.9. The summed E-state index contributed by atoms with van der Waals surface area (Å²) in [4.78, 5) is 0. The second-order valence-electron chi connectivity index (χ2n) is 6.84. The number of nitrogens with one attached hydrogen (secondary N) is 2. The first kappa shape index (κ1) is 18.6. The molecule has 4 aromatic rings. The molecule has 0 fully saturated rings. The van der Waals surface area contributed by atoms with Gasteiger partial charge in [0.2, 0.25) is 0 Å². The molecule has 0 bridgehead atoms. The summed E-state index contributed by atoms with van der Waals surface area (Å²) in [5.74, 6) is 0. The number of anilines is 4. The van der Waals surface area contributed by atoms with Crippen LogP contribution in [0.1, 0.15) is 18.1 Å². The van der Waals surface area contributed by atoms with Crippen molar-refractivity contribution in [2.75, 3.05) is 10.6 Å². The number of hydrogen-bond acceptors (Lipinski definition) is 2. The Morgan fingerprint density at radius 1 is 0.483 bits per heavy atom. The second-order valence-corrected chi connectivity index (χ2v) is 6.84. The van der Waals surface area contributed by atoms with E-state index in [9.17, 15) is 0 Å². The second kappa shape index (κ2) is 8.94. The van der Waals surface area contributed by atoms with E-state index in [4.69, 9.17) is 0 Å². The largest absolute Gasteiger partial charge is 0.356 e. The number of hydrogen-bond donors (Lipinski definition) is 2. The van der Waals surface area contributed by atoms with Gasteiger partial charge in [-0.15, -0.1) is 0 Å². The molecule has 0 saturated carbocycles. The van der Waals surface area contributed by atoms with Gasteiger partial charge in [0.05, 0.1) is 0 Å². The lowest BCUT2D eigenvalue weighted by atomic mass is 9.97. The summed E-state index contributed by atoms with van der Waals surface area (Å²) < 4.78 is 0. The quantitative estimate of drug-likeness (QED) is 0.361. The van der Waals surface area contributed by atoms with Crippen LogP contribution < -0.4 is 10.6 Å². The number of rotatable bonds is 6. The average Bonchev–Trinajstić information content (AvgIpc) is 2.78. The molecule has 4 aromatic carbocycles. The van der Waals surface area contributed by atoms with Crippen molar-refractivity contribution in [1.82, 2.24) is 0 Å². The molecule has 0 saturated heterocycles. The molecule has 0 aliphatic rings. The van der Waals surface area contributed by atoms with Gasteiger partial charge >= 0.3 is 0 Å². The first-order valence-electron chi connectivity index (χ1n) is 9.83. The van der Waals surface area contributed by atoms with E-state index in [1.807, 2.05) is 36.4 Å². The van der Waals surface area contributed by atoms with Crippen LogP contribution in [0.15, 0.2) is 115 Å². The van der Waals surface area contributed by atoms with Gasteiger partial charge in [-0.1, -0.05) is 66.7 Å². The molecule has 0 aromatic heterocycles. The van der Waals surface area contributed by atoms with Crippen molar-refractivity contribution in [3.63, 3.8) is 0 Å². The predicted molar refractivity (Wildman–Crippen MR) is 125 cm³/mol. The highest BCUT2D eigenvalue weighted by atomic mass is 14.9. The summed E-state index contributed by atoms with van der Waals surface area (Å²) in [6.45, 7) is 2.08. The van der Waals surface area contributed by atoms with Crippen LogP contribution in [0, 0.1) is 0 Å². The summed E-state index contributed by atoms with van der Waals surface area (Å²) in [6, 6.07) is 37.6. The Morgan fingerprint density at radius 3 is 1.17 bits per heavy atom. The van der Waals surface area contributed by atoms with Crippen molar-refractivity contribution in [1.29, 1.82) is 0 Å². The van der Waals surface area contributed by atoms with Gasteiger partial charge in [0.15, 0.2) is 0 Å². The highest BCUT2D eigenvalue weighted by molar-refractivity contribution is 5.81.